The molecular weight excluding hydrogens is 424 g/mol. The van der Waals surface area contributed by atoms with E-state index in [2.05, 4.69) is 0 Å². The van der Waals surface area contributed by atoms with Gasteiger partial charge in [-0.25, -0.2) is 0 Å². The molecule has 2 atom stereocenters. The summed E-state index contributed by atoms with van der Waals surface area (Å²) >= 11 is 0. The Morgan fingerprint density at radius 3 is 2.18 bits per heavy atom. The van der Waals surface area contributed by atoms with Crippen LogP contribution in [0.2, 0.25) is 0 Å². The maximum absolute atomic E-state index is 13.3. The first-order valence-corrected chi connectivity index (χ1v) is 10.9. The monoisotopic (exact) mass is 456 g/mol. The van der Waals surface area contributed by atoms with Gasteiger partial charge in [0.15, 0.2) is 11.5 Å². The van der Waals surface area contributed by atoms with E-state index in [-0.39, 0.29) is 17.7 Å². The molecule has 1 heterocycles. The fourth-order valence-electron chi connectivity index (χ4n) is 4.25. The van der Waals surface area contributed by atoms with E-state index >= 15 is 0 Å². The van der Waals surface area contributed by atoms with Gasteiger partial charge in [0.25, 0.3) is 5.91 Å². The zero-order chi connectivity index (χ0) is 24.1. The second kappa shape index (κ2) is 10.5. The first-order chi connectivity index (χ1) is 15.9. The van der Waals surface area contributed by atoms with E-state index in [1.165, 1.54) is 0 Å². The lowest BCUT2D eigenvalue weighted by Gasteiger charge is -2.24. The van der Waals surface area contributed by atoms with Gasteiger partial charge in [-0.15, -0.1) is 0 Å². The maximum Gasteiger partial charge on any atom is 0.254 e. The van der Waals surface area contributed by atoms with E-state index in [4.69, 9.17) is 18.9 Å². The maximum atomic E-state index is 13.3. The number of carbonyl (C=O) groups excluding carboxylic acids is 2. The summed E-state index contributed by atoms with van der Waals surface area (Å²) in [6.45, 7) is 3.23. The van der Waals surface area contributed by atoms with Gasteiger partial charge >= 0.3 is 0 Å². The molecule has 33 heavy (non-hydrogen) atoms. The highest BCUT2D eigenvalue weighted by Gasteiger charge is 2.42. The summed E-state index contributed by atoms with van der Waals surface area (Å²) in [5.74, 6) is 1.36. The molecule has 0 aliphatic carbocycles. The van der Waals surface area contributed by atoms with E-state index < -0.39 is 5.92 Å². The molecule has 2 aromatic rings. The molecule has 0 radical (unpaired) electrons. The van der Waals surface area contributed by atoms with Crippen molar-refractivity contribution in [2.75, 3.05) is 55.1 Å². The number of benzene rings is 2. The van der Waals surface area contributed by atoms with Crippen LogP contribution in [-0.4, -0.2) is 76.7 Å². The average molecular weight is 457 g/mol. The van der Waals surface area contributed by atoms with Crippen LogP contribution < -0.4 is 18.9 Å². The van der Waals surface area contributed by atoms with Gasteiger partial charge in [-0.1, -0.05) is 6.07 Å². The van der Waals surface area contributed by atoms with Crippen LogP contribution >= 0.6 is 0 Å². The molecule has 0 bridgehead atoms. The predicted molar refractivity (Wildman–Crippen MR) is 125 cm³/mol. The average Bonchev–Trinajstić information content (AvgIpc) is 3.31. The smallest absolute Gasteiger partial charge is 0.254 e. The zero-order valence-electron chi connectivity index (χ0n) is 20.1. The van der Waals surface area contributed by atoms with Crippen LogP contribution in [0.15, 0.2) is 36.4 Å². The lowest BCUT2D eigenvalue weighted by Crippen LogP contribution is -2.36. The summed E-state index contributed by atoms with van der Waals surface area (Å²) in [6, 6.07) is 10.8. The molecule has 3 rings (SSSR count). The summed E-state index contributed by atoms with van der Waals surface area (Å²) in [6.07, 6.45) is 0. The van der Waals surface area contributed by atoms with Crippen LogP contribution in [0.3, 0.4) is 0 Å². The highest BCUT2D eigenvalue weighted by Crippen LogP contribution is 2.43. The van der Waals surface area contributed by atoms with Crippen LogP contribution in [0.1, 0.15) is 28.8 Å². The van der Waals surface area contributed by atoms with Crippen LogP contribution in [0, 0.1) is 5.92 Å². The van der Waals surface area contributed by atoms with Crippen molar-refractivity contribution in [3.63, 3.8) is 0 Å². The highest BCUT2D eigenvalue weighted by atomic mass is 16.5. The van der Waals surface area contributed by atoms with Crippen molar-refractivity contribution in [1.82, 2.24) is 9.80 Å². The molecule has 1 aliphatic rings. The lowest BCUT2D eigenvalue weighted by atomic mass is 9.87. The van der Waals surface area contributed by atoms with Crippen molar-refractivity contribution < 1.29 is 28.5 Å². The van der Waals surface area contributed by atoms with Gasteiger partial charge < -0.3 is 28.7 Å². The minimum Gasteiger partial charge on any atom is -0.497 e. The predicted octanol–water partition coefficient (Wildman–Crippen LogP) is 3.06. The van der Waals surface area contributed by atoms with Crippen LogP contribution in [0.4, 0.5) is 0 Å². The number of hydrogen-bond donors (Lipinski definition) is 0. The summed E-state index contributed by atoms with van der Waals surface area (Å²) in [5.41, 5.74) is 1.38. The van der Waals surface area contributed by atoms with E-state index in [1.54, 1.807) is 69.6 Å². The van der Waals surface area contributed by atoms with E-state index in [1.807, 2.05) is 19.1 Å². The Kier molecular flexibility index (Phi) is 7.68. The Labute approximate surface area is 195 Å². The minimum absolute atomic E-state index is 0.00260. The number of rotatable bonds is 8. The van der Waals surface area contributed by atoms with Gasteiger partial charge in [-0.2, -0.15) is 0 Å². The highest BCUT2D eigenvalue weighted by molar-refractivity contribution is 5.95. The molecule has 1 aliphatic heterocycles. The second-order valence-electron chi connectivity index (χ2n) is 7.97. The number of carbonyl (C=O) groups is 2. The normalized spacial score (nSPS) is 17.5. The number of methoxy groups -OCH3 is 4. The van der Waals surface area contributed by atoms with Crippen molar-refractivity contribution in [1.29, 1.82) is 0 Å². The number of likely N-dealkylation sites (tertiary alicyclic amines) is 1. The van der Waals surface area contributed by atoms with Crippen molar-refractivity contribution in [3.05, 3.63) is 47.5 Å². The molecule has 0 saturated carbocycles. The standard InChI is InChI=1S/C25H32N2O6/c1-7-26(2)25(29)20-15-27(24(28)16-9-8-10-18(11-16)30-3)14-19(20)17-12-21(31-4)23(33-6)22(13-17)32-5/h8-13,19-20H,7,14-15H2,1-6H3/t19-,20-/m0/s1. The SMILES string of the molecule is CCN(C)C(=O)[C@H]1CN(C(=O)c2cccc(OC)c2)C[C@H]1c1cc(OC)c(OC)c(OC)c1. The van der Waals surface area contributed by atoms with Gasteiger partial charge in [0.1, 0.15) is 5.75 Å². The molecule has 0 N–H and O–H groups in total. The Bertz CT molecular complexity index is 983. The third kappa shape index (κ3) is 4.84. The van der Waals surface area contributed by atoms with Crippen molar-refractivity contribution >= 4 is 11.8 Å². The Morgan fingerprint density at radius 2 is 1.64 bits per heavy atom. The fourth-order valence-corrected chi connectivity index (χ4v) is 4.25. The number of hydrogen-bond acceptors (Lipinski definition) is 6. The van der Waals surface area contributed by atoms with Crippen LogP contribution in [0.5, 0.6) is 23.0 Å². The third-order valence-electron chi connectivity index (χ3n) is 6.21. The summed E-state index contributed by atoms with van der Waals surface area (Å²) in [4.78, 5) is 30.0. The van der Waals surface area contributed by atoms with Crippen LogP contribution in [-0.2, 0) is 4.79 Å². The molecule has 8 heteroatoms. The fraction of sp³-hybridized carbons (Fsp3) is 0.440. The molecule has 0 aromatic heterocycles. The molecule has 8 nitrogen and oxygen atoms in total. The number of nitrogens with zero attached hydrogens (tertiary/aromatic N) is 2. The van der Waals surface area contributed by atoms with Gasteiger partial charge in [0.05, 0.1) is 34.4 Å². The van der Waals surface area contributed by atoms with Crippen molar-refractivity contribution in [2.24, 2.45) is 5.92 Å². The molecule has 0 unspecified atom stereocenters. The van der Waals surface area contributed by atoms with Gasteiger partial charge in [0, 0.05) is 38.2 Å². The quantitative estimate of drug-likeness (QED) is 0.608. The molecule has 178 valence electrons. The summed E-state index contributed by atoms with van der Waals surface area (Å²) in [7, 11) is 8.01. The van der Waals surface area contributed by atoms with Gasteiger partial charge in [0.2, 0.25) is 11.7 Å². The Morgan fingerprint density at radius 1 is 0.970 bits per heavy atom. The molecule has 1 saturated heterocycles. The molecule has 0 spiro atoms. The topological polar surface area (TPSA) is 77.5 Å². The van der Waals surface area contributed by atoms with Crippen molar-refractivity contribution in [2.45, 2.75) is 12.8 Å². The Hall–Kier alpha value is -3.42. The van der Waals surface area contributed by atoms with Gasteiger partial charge in [-0.05, 0) is 42.8 Å². The summed E-state index contributed by atoms with van der Waals surface area (Å²) < 4.78 is 21.7. The molecule has 1 fully saturated rings. The Balaban J connectivity index is 2.01. The largest absolute Gasteiger partial charge is 0.497 e. The molecule has 2 aromatic carbocycles. The zero-order valence-corrected chi connectivity index (χ0v) is 20.1. The molecule has 2 amide bonds. The molecular formula is C25H32N2O6. The first-order valence-electron chi connectivity index (χ1n) is 10.9. The van der Waals surface area contributed by atoms with Crippen molar-refractivity contribution in [3.8, 4) is 23.0 Å². The van der Waals surface area contributed by atoms with Gasteiger partial charge in [-0.3, -0.25) is 9.59 Å². The number of ether oxygens (including phenoxy) is 4. The van der Waals surface area contributed by atoms with E-state index in [0.29, 0.717) is 48.2 Å². The van der Waals surface area contributed by atoms with Crippen LogP contribution in [0.25, 0.3) is 0 Å². The first kappa shape index (κ1) is 24.2. The number of amides is 2. The second-order valence-corrected chi connectivity index (χ2v) is 7.97. The van der Waals surface area contributed by atoms with E-state index in [0.717, 1.165) is 5.56 Å². The summed E-state index contributed by atoms with van der Waals surface area (Å²) in [5, 5.41) is 0. The lowest BCUT2D eigenvalue weighted by molar-refractivity contribution is -0.133. The van der Waals surface area contributed by atoms with E-state index in [9.17, 15) is 9.59 Å². The third-order valence-corrected chi connectivity index (χ3v) is 6.21. The minimum atomic E-state index is -0.396.